The topological polar surface area (TPSA) is 9.23 Å². The minimum Gasteiger partial charge on any atom is -0.483 e. The Balaban J connectivity index is 2.69. The minimum absolute atomic E-state index is 0.272. The van der Waals surface area contributed by atoms with Gasteiger partial charge < -0.3 is 4.74 Å². The first-order chi connectivity index (χ1) is 5.74. The van der Waals surface area contributed by atoms with Gasteiger partial charge in [-0.25, -0.2) is 4.39 Å². The van der Waals surface area contributed by atoms with Crippen LogP contribution in [0.2, 0.25) is 0 Å². The molecule has 1 aromatic rings. The lowest BCUT2D eigenvalue weighted by Crippen LogP contribution is -1.91. The van der Waals surface area contributed by atoms with E-state index in [4.69, 9.17) is 4.74 Å². The first-order valence-corrected chi connectivity index (χ1v) is 5.49. The maximum absolute atomic E-state index is 12.7. The third kappa shape index (κ3) is 2.68. The Bertz CT molecular complexity index is 267. The summed E-state index contributed by atoms with van der Waals surface area (Å²) >= 11 is 4.65. The predicted octanol–water partition coefficient (Wildman–Crippen LogP) is 3.29. The second kappa shape index (κ2) is 4.72. The van der Waals surface area contributed by atoms with E-state index >= 15 is 0 Å². The summed E-state index contributed by atoms with van der Waals surface area (Å²) in [4.78, 5) is 0. The van der Waals surface area contributed by atoms with Crippen molar-refractivity contribution in [3.8, 4) is 5.75 Å². The molecule has 66 valence electrons. The van der Waals surface area contributed by atoms with Crippen LogP contribution in [-0.2, 0) is 0 Å². The van der Waals surface area contributed by atoms with Crippen molar-refractivity contribution in [3.05, 3.63) is 28.5 Å². The maximum Gasteiger partial charge on any atom is 0.137 e. The fraction of sp³-hybridized carbons (Fsp3) is 0.250. The van der Waals surface area contributed by atoms with Gasteiger partial charge in [-0.3, -0.25) is 0 Å². The number of thioether (sulfide) groups is 1. The predicted molar refractivity (Wildman–Crippen MR) is 53.1 cm³/mol. The number of halogens is 2. The van der Waals surface area contributed by atoms with E-state index in [1.807, 2.05) is 6.26 Å². The van der Waals surface area contributed by atoms with Crippen molar-refractivity contribution in [3.63, 3.8) is 0 Å². The molecular weight excluding hydrogens is 243 g/mol. The Morgan fingerprint density at radius 1 is 1.58 bits per heavy atom. The zero-order valence-electron chi connectivity index (χ0n) is 6.51. The van der Waals surface area contributed by atoms with Crippen LogP contribution in [0.3, 0.4) is 0 Å². The average Bonchev–Trinajstić information content (AvgIpc) is 2.07. The molecule has 0 aliphatic rings. The van der Waals surface area contributed by atoms with Crippen molar-refractivity contribution >= 4 is 27.7 Å². The zero-order valence-corrected chi connectivity index (χ0v) is 8.91. The molecule has 0 N–H and O–H groups in total. The third-order valence-corrected chi connectivity index (χ3v) is 2.20. The van der Waals surface area contributed by atoms with Gasteiger partial charge in [0.2, 0.25) is 0 Å². The normalized spacial score (nSPS) is 9.92. The summed E-state index contributed by atoms with van der Waals surface area (Å²) in [5.41, 5.74) is 0. The standard InChI is InChI=1S/C8H8BrFOS/c1-12-5-11-6-2-3-8(10)7(9)4-6/h2-4H,5H2,1H3. The van der Waals surface area contributed by atoms with Gasteiger partial charge in [-0.15, -0.1) is 11.8 Å². The van der Waals surface area contributed by atoms with Gasteiger partial charge in [-0.2, -0.15) is 0 Å². The van der Waals surface area contributed by atoms with Crippen LogP contribution < -0.4 is 4.74 Å². The zero-order chi connectivity index (χ0) is 8.97. The summed E-state index contributed by atoms with van der Waals surface area (Å²) < 4.78 is 18.4. The molecule has 0 saturated heterocycles. The van der Waals surface area contributed by atoms with E-state index in [1.165, 1.54) is 6.07 Å². The second-order valence-electron chi connectivity index (χ2n) is 2.13. The van der Waals surface area contributed by atoms with Crippen LogP contribution in [0.4, 0.5) is 4.39 Å². The van der Waals surface area contributed by atoms with Crippen LogP contribution >= 0.6 is 27.7 Å². The largest absolute Gasteiger partial charge is 0.483 e. The molecule has 1 aromatic carbocycles. The van der Waals surface area contributed by atoms with Gasteiger partial charge in [-0.05, 0) is 40.4 Å². The molecule has 0 saturated carbocycles. The Morgan fingerprint density at radius 3 is 2.92 bits per heavy atom. The Kier molecular flexibility index (Phi) is 3.88. The van der Waals surface area contributed by atoms with E-state index < -0.39 is 0 Å². The van der Waals surface area contributed by atoms with Crippen LogP contribution in [0.15, 0.2) is 22.7 Å². The van der Waals surface area contributed by atoms with E-state index in [0.29, 0.717) is 16.2 Å². The second-order valence-corrected chi connectivity index (χ2v) is 3.79. The van der Waals surface area contributed by atoms with Gasteiger partial charge in [0.05, 0.1) is 4.47 Å². The molecule has 0 spiro atoms. The molecule has 0 radical (unpaired) electrons. The van der Waals surface area contributed by atoms with Gasteiger partial charge in [0, 0.05) is 0 Å². The molecule has 0 aliphatic carbocycles. The van der Waals surface area contributed by atoms with E-state index in [2.05, 4.69) is 15.9 Å². The molecule has 0 atom stereocenters. The van der Waals surface area contributed by atoms with Gasteiger partial charge in [0.25, 0.3) is 0 Å². The molecule has 0 aliphatic heterocycles. The molecule has 1 nitrogen and oxygen atoms in total. The number of ether oxygens (including phenoxy) is 1. The fourth-order valence-electron chi connectivity index (χ4n) is 0.694. The summed E-state index contributed by atoms with van der Waals surface area (Å²) in [5, 5.41) is 0. The highest BCUT2D eigenvalue weighted by molar-refractivity contribution is 9.10. The van der Waals surface area contributed by atoms with Crippen molar-refractivity contribution < 1.29 is 9.13 Å². The summed E-state index contributed by atoms with van der Waals surface area (Å²) in [6.45, 7) is 0. The van der Waals surface area contributed by atoms with Crippen LogP contribution in [0, 0.1) is 5.82 Å². The van der Waals surface area contributed by atoms with Crippen molar-refractivity contribution in [1.82, 2.24) is 0 Å². The maximum atomic E-state index is 12.7. The lowest BCUT2D eigenvalue weighted by Gasteiger charge is -2.03. The van der Waals surface area contributed by atoms with Crippen molar-refractivity contribution in [1.29, 1.82) is 0 Å². The van der Waals surface area contributed by atoms with Gasteiger partial charge in [0.1, 0.15) is 17.5 Å². The first-order valence-electron chi connectivity index (χ1n) is 3.31. The summed E-state index contributed by atoms with van der Waals surface area (Å²) in [5.74, 6) is 0.988. The molecule has 0 fully saturated rings. The third-order valence-electron chi connectivity index (χ3n) is 1.23. The Hall–Kier alpha value is -0.220. The smallest absolute Gasteiger partial charge is 0.137 e. The van der Waals surface area contributed by atoms with Gasteiger partial charge in [0.15, 0.2) is 0 Å². The molecule has 0 heterocycles. The molecular formula is C8H8BrFOS. The lowest BCUT2D eigenvalue weighted by molar-refractivity contribution is 0.392. The average molecular weight is 251 g/mol. The molecule has 1 rings (SSSR count). The molecule has 4 heteroatoms. The van der Waals surface area contributed by atoms with Crippen LogP contribution in [0.25, 0.3) is 0 Å². The van der Waals surface area contributed by atoms with E-state index in [-0.39, 0.29) is 5.82 Å². The monoisotopic (exact) mass is 250 g/mol. The van der Waals surface area contributed by atoms with Crippen molar-refractivity contribution in [2.24, 2.45) is 0 Å². The minimum atomic E-state index is -0.272. The van der Waals surface area contributed by atoms with E-state index in [0.717, 1.165) is 0 Å². The highest BCUT2D eigenvalue weighted by atomic mass is 79.9. The highest BCUT2D eigenvalue weighted by Gasteiger charge is 1.99. The van der Waals surface area contributed by atoms with Crippen LogP contribution in [-0.4, -0.2) is 12.2 Å². The number of benzene rings is 1. The quantitative estimate of drug-likeness (QED) is 0.762. The summed E-state index contributed by atoms with van der Waals surface area (Å²) in [6, 6.07) is 4.60. The SMILES string of the molecule is CSCOc1ccc(F)c(Br)c1. The highest BCUT2D eigenvalue weighted by Crippen LogP contribution is 2.21. The van der Waals surface area contributed by atoms with Gasteiger partial charge in [-0.1, -0.05) is 0 Å². The Labute approximate surface area is 83.4 Å². The number of rotatable bonds is 3. The van der Waals surface area contributed by atoms with E-state index in [9.17, 15) is 4.39 Å². The van der Waals surface area contributed by atoms with Crippen LogP contribution in [0.5, 0.6) is 5.75 Å². The molecule has 0 amide bonds. The van der Waals surface area contributed by atoms with E-state index in [1.54, 1.807) is 23.9 Å². The van der Waals surface area contributed by atoms with Gasteiger partial charge >= 0.3 is 0 Å². The van der Waals surface area contributed by atoms with Crippen LogP contribution in [0.1, 0.15) is 0 Å². The molecule has 0 aromatic heterocycles. The summed E-state index contributed by atoms with van der Waals surface area (Å²) in [7, 11) is 0. The summed E-state index contributed by atoms with van der Waals surface area (Å²) in [6.07, 6.45) is 1.94. The lowest BCUT2D eigenvalue weighted by atomic mass is 10.3. The number of hydrogen-bond donors (Lipinski definition) is 0. The van der Waals surface area contributed by atoms with Crippen molar-refractivity contribution in [2.45, 2.75) is 0 Å². The molecule has 0 bridgehead atoms. The molecule has 0 unspecified atom stereocenters. The first kappa shape index (κ1) is 9.86. The Morgan fingerprint density at radius 2 is 2.33 bits per heavy atom. The van der Waals surface area contributed by atoms with Crippen molar-refractivity contribution in [2.75, 3.05) is 12.2 Å². The fourth-order valence-corrected chi connectivity index (χ4v) is 1.31. The number of hydrogen-bond acceptors (Lipinski definition) is 2. The molecule has 12 heavy (non-hydrogen) atoms.